The lowest BCUT2D eigenvalue weighted by Gasteiger charge is -2.43. The molecule has 8 heteroatoms. The summed E-state index contributed by atoms with van der Waals surface area (Å²) < 4.78 is 0. The van der Waals surface area contributed by atoms with Crippen molar-refractivity contribution in [1.29, 1.82) is 0 Å². The number of benzene rings is 1. The van der Waals surface area contributed by atoms with Crippen molar-refractivity contribution in [2.45, 2.75) is 97.9 Å². The Morgan fingerprint density at radius 1 is 1.25 bits per heavy atom. The third-order valence-electron chi connectivity index (χ3n) is 6.44. The zero-order valence-corrected chi connectivity index (χ0v) is 24.5. The second kappa shape index (κ2) is 10.5. The summed E-state index contributed by atoms with van der Waals surface area (Å²) in [5.74, 6) is -0.366. The highest BCUT2D eigenvalue weighted by atomic mass is 35.5. The van der Waals surface area contributed by atoms with E-state index in [1.807, 2.05) is 43.2 Å². The van der Waals surface area contributed by atoms with Gasteiger partial charge in [-0.15, -0.1) is 11.3 Å². The number of ketones is 1. The Morgan fingerprint density at radius 2 is 1.92 bits per heavy atom. The van der Waals surface area contributed by atoms with Crippen LogP contribution in [0.4, 0.5) is 0 Å². The van der Waals surface area contributed by atoms with Crippen molar-refractivity contribution in [3.05, 3.63) is 50.9 Å². The number of rotatable bonds is 7. The van der Waals surface area contributed by atoms with E-state index in [9.17, 15) is 9.59 Å². The van der Waals surface area contributed by atoms with Crippen molar-refractivity contribution in [2.24, 2.45) is 11.8 Å². The van der Waals surface area contributed by atoms with Gasteiger partial charge in [0, 0.05) is 28.1 Å². The molecule has 1 fully saturated rings. The molecule has 36 heavy (non-hydrogen) atoms. The van der Waals surface area contributed by atoms with Crippen molar-refractivity contribution in [2.75, 3.05) is 0 Å². The first-order chi connectivity index (χ1) is 16.6. The van der Waals surface area contributed by atoms with E-state index < -0.39 is 23.2 Å². The molecule has 1 aliphatic heterocycles. The summed E-state index contributed by atoms with van der Waals surface area (Å²) in [7, 11) is 0. The van der Waals surface area contributed by atoms with E-state index in [1.165, 1.54) is 11.3 Å². The number of nitrogens with one attached hydrogen (secondary N) is 1. The molecule has 2 aromatic rings. The molecule has 0 spiro atoms. The van der Waals surface area contributed by atoms with E-state index in [0.717, 1.165) is 10.6 Å². The number of amides is 1. The molecule has 2 heterocycles. The van der Waals surface area contributed by atoms with Crippen LogP contribution in [0.1, 0.15) is 102 Å². The van der Waals surface area contributed by atoms with Crippen LogP contribution in [0, 0.1) is 11.8 Å². The topological polar surface area (TPSA) is 71.5 Å². The van der Waals surface area contributed by atoms with E-state index in [-0.39, 0.29) is 23.0 Å². The van der Waals surface area contributed by atoms with Gasteiger partial charge < -0.3 is 4.90 Å². The van der Waals surface area contributed by atoms with Crippen LogP contribution in [0.3, 0.4) is 0 Å². The molecule has 198 valence electrons. The van der Waals surface area contributed by atoms with E-state index in [4.69, 9.17) is 16.4 Å². The van der Waals surface area contributed by atoms with Gasteiger partial charge in [0.25, 0.3) is 5.91 Å². The number of likely N-dealkylation sites (tertiary alicyclic amines) is 1. The zero-order valence-electron chi connectivity index (χ0n) is 22.9. The molecule has 6 nitrogen and oxygen atoms in total. The highest BCUT2D eigenvalue weighted by Gasteiger charge is 2.57. The predicted molar refractivity (Wildman–Crippen MR) is 146 cm³/mol. The van der Waals surface area contributed by atoms with Crippen molar-refractivity contribution < 1.29 is 14.4 Å². The highest BCUT2D eigenvalue weighted by Crippen LogP contribution is 2.50. The Bertz CT molecular complexity index is 1090. The van der Waals surface area contributed by atoms with Crippen LogP contribution >= 0.6 is 22.9 Å². The summed E-state index contributed by atoms with van der Waals surface area (Å²) in [6.45, 7) is 17.9. The summed E-state index contributed by atoms with van der Waals surface area (Å²) >= 11 is 8.14. The first kappa shape index (κ1) is 28.8. The Morgan fingerprint density at radius 3 is 2.39 bits per heavy atom. The number of carbonyl (C=O) groups is 2. The Kier molecular flexibility index (Phi) is 8.41. The molecule has 0 radical (unpaired) electrons. The molecule has 1 saturated heterocycles. The fourth-order valence-electron chi connectivity index (χ4n) is 5.00. The fourth-order valence-corrected chi connectivity index (χ4v) is 6.26. The van der Waals surface area contributed by atoms with Gasteiger partial charge >= 0.3 is 0 Å². The summed E-state index contributed by atoms with van der Waals surface area (Å²) in [4.78, 5) is 39.9. The summed E-state index contributed by atoms with van der Waals surface area (Å²) in [5, 5.41) is 3.17. The van der Waals surface area contributed by atoms with Gasteiger partial charge in [0.05, 0.1) is 11.6 Å². The minimum atomic E-state index is -0.902. The van der Waals surface area contributed by atoms with Crippen molar-refractivity contribution in [1.82, 2.24) is 15.4 Å². The average molecular weight is 534 g/mol. The minimum Gasteiger partial charge on any atom is -0.308 e. The van der Waals surface area contributed by atoms with Gasteiger partial charge in [0.2, 0.25) is 0 Å². The number of aromatic nitrogens is 1. The Labute approximate surface area is 224 Å². The van der Waals surface area contributed by atoms with E-state index in [2.05, 4.69) is 45.1 Å². The van der Waals surface area contributed by atoms with Crippen LogP contribution in [-0.2, 0) is 15.0 Å². The van der Waals surface area contributed by atoms with Gasteiger partial charge in [-0.2, -0.15) is 5.48 Å². The first-order valence-electron chi connectivity index (χ1n) is 12.5. The van der Waals surface area contributed by atoms with Crippen molar-refractivity contribution in [3.63, 3.8) is 0 Å². The molecule has 0 aliphatic carbocycles. The van der Waals surface area contributed by atoms with Gasteiger partial charge in [-0.1, -0.05) is 52.3 Å². The smallest absolute Gasteiger partial charge is 0.256 e. The van der Waals surface area contributed by atoms with Crippen molar-refractivity contribution in [3.8, 4) is 0 Å². The molecule has 1 amide bonds. The predicted octanol–water partition coefficient (Wildman–Crippen LogP) is 6.95. The van der Waals surface area contributed by atoms with Gasteiger partial charge in [0.15, 0.2) is 0 Å². The second-order valence-electron chi connectivity index (χ2n) is 12.3. The Balaban J connectivity index is 2.20. The molecule has 0 saturated carbocycles. The lowest BCUT2D eigenvalue weighted by molar-refractivity contribution is -0.146. The van der Waals surface area contributed by atoms with E-state index in [1.54, 1.807) is 19.2 Å². The number of hydroxylamine groups is 1. The number of hydrogen-bond donors (Lipinski definition) is 1. The molecule has 3 rings (SSSR count). The third kappa shape index (κ3) is 6.18. The lowest BCUT2D eigenvalue weighted by Crippen LogP contribution is -2.59. The van der Waals surface area contributed by atoms with Gasteiger partial charge in [-0.3, -0.25) is 14.4 Å². The zero-order chi connectivity index (χ0) is 27.1. The van der Waals surface area contributed by atoms with Crippen LogP contribution in [-0.4, -0.2) is 32.8 Å². The standard InChI is InChI=1S/C28H40ClN3O3S/c1-17(2)15-28(31-35-27(7,8)9)16-20(18(3)33)23(24-30-12-13-36-24)32(28)25(34)19-10-11-21(22(29)14-19)26(4,5)6/h10-14,17,20,23,31H,15-16H2,1-9H3/t20-,23+,28-/m0/s1. The third-order valence-corrected chi connectivity index (χ3v) is 7.60. The summed E-state index contributed by atoms with van der Waals surface area (Å²) in [6, 6.07) is 5.00. The number of thiazole rings is 1. The van der Waals surface area contributed by atoms with Gasteiger partial charge in [0.1, 0.15) is 16.5 Å². The number of halogens is 1. The fraction of sp³-hybridized carbons (Fsp3) is 0.607. The van der Waals surface area contributed by atoms with Gasteiger partial charge in [-0.25, -0.2) is 4.98 Å². The first-order valence-corrected chi connectivity index (χ1v) is 13.8. The van der Waals surface area contributed by atoms with Crippen LogP contribution in [0.25, 0.3) is 0 Å². The number of hydrogen-bond acceptors (Lipinski definition) is 6. The number of Topliss-reactive ketones (excluding diaryl/α,β-unsaturated/α-hetero) is 1. The molecular formula is C28H40ClN3O3S. The summed E-state index contributed by atoms with van der Waals surface area (Å²) in [6.07, 6.45) is 2.76. The van der Waals surface area contributed by atoms with E-state index in [0.29, 0.717) is 23.4 Å². The van der Waals surface area contributed by atoms with Crippen LogP contribution in [0.5, 0.6) is 0 Å². The average Bonchev–Trinajstić information content (AvgIpc) is 3.36. The van der Waals surface area contributed by atoms with E-state index >= 15 is 0 Å². The quantitative estimate of drug-likeness (QED) is 0.390. The lowest BCUT2D eigenvalue weighted by atomic mass is 9.86. The maximum atomic E-state index is 14.4. The molecule has 1 aromatic carbocycles. The molecule has 0 bridgehead atoms. The maximum absolute atomic E-state index is 14.4. The normalized spacial score (nSPS) is 22.9. The molecule has 1 N–H and O–H groups in total. The summed E-state index contributed by atoms with van der Waals surface area (Å²) in [5.41, 5.74) is 3.19. The van der Waals surface area contributed by atoms with Crippen LogP contribution in [0.2, 0.25) is 5.02 Å². The molecule has 1 aromatic heterocycles. The number of carbonyl (C=O) groups excluding carboxylic acids is 2. The largest absolute Gasteiger partial charge is 0.308 e. The Hall–Kier alpha value is -1.80. The minimum absolute atomic E-state index is 0.0253. The van der Waals surface area contributed by atoms with Crippen molar-refractivity contribution >= 4 is 34.6 Å². The van der Waals surface area contributed by atoms with Crippen LogP contribution in [0.15, 0.2) is 29.8 Å². The maximum Gasteiger partial charge on any atom is 0.256 e. The number of nitrogens with zero attached hydrogens (tertiary/aromatic N) is 2. The molecule has 1 aliphatic rings. The monoisotopic (exact) mass is 533 g/mol. The molecule has 3 atom stereocenters. The second-order valence-corrected chi connectivity index (χ2v) is 13.6. The van der Waals surface area contributed by atoms with Crippen LogP contribution < -0.4 is 5.48 Å². The SMILES string of the molecule is CC(=O)[C@@H]1C[C@@](CC(C)C)(NOC(C)(C)C)N(C(=O)c2ccc(C(C)(C)C)c(Cl)c2)[C@H]1c1nccs1. The van der Waals surface area contributed by atoms with Gasteiger partial charge in [-0.05, 0) is 69.6 Å². The molecule has 0 unspecified atom stereocenters. The molecular weight excluding hydrogens is 494 g/mol. The highest BCUT2D eigenvalue weighted by molar-refractivity contribution is 7.09.